The predicted molar refractivity (Wildman–Crippen MR) is 90.9 cm³/mol. The summed E-state index contributed by atoms with van der Waals surface area (Å²) in [7, 11) is 1.26. The lowest BCUT2D eigenvalue weighted by atomic mass is 10.1. The Labute approximate surface area is 140 Å². The molecule has 0 N–H and O–H groups in total. The van der Waals surface area contributed by atoms with Crippen LogP contribution in [0.4, 0.5) is 0 Å². The van der Waals surface area contributed by atoms with Gasteiger partial charge in [-0.1, -0.05) is 23.7 Å². The van der Waals surface area contributed by atoms with Crippen LogP contribution in [0.1, 0.15) is 23.9 Å². The summed E-state index contributed by atoms with van der Waals surface area (Å²) < 4.78 is 6.66. The summed E-state index contributed by atoms with van der Waals surface area (Å²) in [5.41, 5.74) is 3.49. The summed E-state index contributed by atoms with van der Waals surface area (Å²) in [6.07, 6.45) is 1.56. The summed E-state index contributed by atoms with van der Waals surface area (Å²) in [4.78, 5) is 23.4. The van der Waals surface area contributed by atoms with Crippen LogP contribution in [0, 0.1) is 13.8 Å². The Bertz CT molecular complexity index is 803. The first-order valence-electron chi connectivity index (χ1n) is 7.11. The third kappa shape index (κ3) is 3.37. The van der Waals surface area contributed by atoms with Crippen LogP contribution in [0.15, 0.2) is 35.9 Å². The molecular formula is C18H18ClNO3. The highest BCUT2D eigenvalue weighted by Crippen LogP contribution is 2.27. The van der Waals surface area contributed by atoms with E-state index in [-0.39, 0.29) is 11.4 Å². The van der Waals surface area contributed by atoms with Crippen molar-refractivity contribution in [3.05, 3.63) is 57.9 Å². The number of Topliss-reactive ketones (excluding diaryl/α,β-unsaturated/α-hetero) is 1. The standard InChI is InChI=1S/C18H18ClNO3/c1-11-9-14(10-15(13(3)21)18(22)23-4)12(2)20(11)17-8-6-5-7-16(17)19/h5-10H,1-4H3/b15-10+. The van der Waals surface area contributed by atoms with Gasteiger partial charge in [-0.3, -0.25) is 4.79 Å². The Morgan fingerprint density at radius 3 is 2.43 bits per heavy atom. The molecule has 0 radical (unpaired) electrons. The molecule has 0 aliphatic rings. The zero-order valence-corrected chi connectivity index (χ0v) is 14.3. The quantitative estimate of drug-likeness (QED) is 0.369. The maximum Gasteiger partial charge on any atom is 0.341 e. The highest BCUT2D eigenvalue weighted by Gasteiger charge is 2.18. The fourth-order valence-corrected chi connectivity index (χ4v) is 2.73. The second kappa shape index (κ2) is 6.84. The number of methoxy groups -OCH3 is 1. The van der Waals surface area contributed by atoms with Gasteiger partial charge in [-0.15, -0.1) is 0 Å². The zero-order chi connectivity index (χ0) is 17.1. The Kier molecular flexibility index (Phi) is 5.06. The van der Waals surface area contributed by atoms with Gasteiger partial charge >= 0.3 is 5.97 Å². The first-order chi connectivity index (χ1) is 10.9. The number of halogens is 1. The topological polar surface area (TPSA) is 48.3 Å². The molecule has 0 amide bonds. The summed E-state index contributed by atoms with van der Waals surface area (Å²) in [6, 6.07) is 9.42. The molecule has 0 spiro atoms. The van der Waals surface area contributed by atoms with E-state index in [1.165, 1.54) is 14.0 Å². The van der Waals surface area contributed by atoms with Gasteiger partial charge in [0.05, 0.1) is 17.8 Å². The Hall–Kier alpha value is -2.33. The molecule has 0 aliphatic carbocycles. The number of hydrogen-bond acceptors (Lipinski definition) is 3. The van der Waals surface area contributed by atoms with E-state index in [2.05, 4.69) is 4.74 Å². The third-order valence-corrected chi connectivity index (χ3v) is 3.97. The number of benzene rings is 1. The van der Waals surface area contributed by atoms with Gasteiger partial charge < -0.3 is 9.30 Å². The number of esters is 1. The van der Waals surface area contributed by atoms with Crippen molar-refractivity contribution in [3.8, 4) is 5.69 Å². The van der Waals surface area contributed by atoms with Gasteiger partial charge in [0.15, 0.2) is 5.78 Å². The van der Waals surface area contributed by atoms with E-state index < -0.39 is 5.97 Å². The van der Waals surface area contributed by atoms with Crippen LogP contribution in [0.2, 0.25) is 5.02 Å². The molecule has 1 heterocycles. The van der Waals surface area contributed by atoms with Crippen LogP contribution in [-0.4, -0.2) is 23.4 Å². The van der Waals surface area contributed by atoms with E-state index in [0.29, 0.717) is 5.02 Å². The van der Waals surface area contributed by atoms with Gasteiger partial charge in [0.25, 0.3) is 0 Å². The minimum atomic E-state index is -0.639. The molecule has 4 nitrogen and oxygen atoms in total. The van der Waals surface area contributed by atoms with Crippen LogP contribution >= 0.6 is 11.6 Å². The normalized spacial score (nSPS) is 11.4. The molecule has 1 aromatic carbocycles. The zero-order valence-electron chi connectivity index (χ0n) is 13.5. The van der Waals surface area contributed by atoms with Crippen LogP contribution in [0.3, 0.4) is 0 Å². The van der Waals surface area contributed by atoms with Gasteiger partial charge in [-0.2, -0.15) is 0 Å². The van der Waals surface area contributed by atoms with Gasteiger partial charge in [0.1, 0.15) is 5.57 Å². The molecule has 1 aromatic heterocycles. The number of carbonyl (C=O) groups excluding carboxylic acids is 2. The van der Waals surface area contributed by atoms with Crippen molar-refractivity contribution in [2.45, 2.75) is 20.8 Å². The second-order valence-corrected chi connectivity index (χ2v) is 5.63. The number of rotatable bonds is 4. The highest BCUT2D eigenvalue weighted by molar-refractivity contribution is 6.32. The number of aryl methyl sites for hydroxylation is 1. The molecule has 2 rings (SSSR count). The first-order valence-corrected chi connectivity index (χ1v) is 7.49. The summed E-state index contributed by atoms with van der Waals surface area (Å²) in [6.45, 7) is 5.20. The molecule has 23 heavy (non-hydrogen) atoms. The van der Waals surface area contributed by atoms with Crippen LogP contribution < -0.4 is 0 Å². The smallest absolute Gasteiger partial charge is 0.341 e. The van der Waals surface area contributed by atoms with Gasteiger partial charge in [0.2, 0.25) is 0 Å². The lowest BCUT2D eigenvalue weighted by Gasteiger charge is -2.11. The van der Waals surface area contributed by atoms with Crippen molar-refractivity contribution in [2.75, 3.05) is 7.11 Å². The molecule has 0 atom stereocenters. The molecule has 5 heteroatoms. The van der Waals surface area contributed by atoms with Crippen molar-refractivity contribution >= 4 is 29.4 Å². The monoisotopic (exact) mass is 331 g/mol. The fraction of sp³-hybridized carbons (Fsp3) is 0.222. The molecule has 0 fully saturated rings. The number of nitrogens with zero attached hydrogens (tertiary/aromatic N) is 1. The Balaban J connectivity index is 2.60. The number of para-hydroxylation sites is 1. The molecule has 0 bridgehead atoms. The second-order valence-electron chi connectivity index (χ2n) is 5.22. The Morgan fingerprint density at radius 2 is 1.87 bits per heavy atom. The van der Waals surface area contributed by atoms with Crippen LogP contribution in [0.5, 0.6) is 0 Å². The van der Waals surface area contributed by atoms with Gasteiger partial charge in [-0.25, -0.2) is 4.79 Å². The van der Waals surface area contributed by atoms with E-state index in [9.17, 15) is 9.59 Å². The minimum Gasteiger partial charge on any atom is -0.465 e. The highest BCUT2D eigenvalue weighted by atomic mass is 35.5. The van der Waals surface area contributed by atoms with E-state index in [4.69, 9.17) is 11.6 Å². The predicted octanol–water partition coefficient (Wildman–Crippen LogP) is 3.89. The number of carbonyl (C=O) groups is 2. The van der Waals surface area contributed by atoms with Gasteiger partial charge in [-0.05, 0) is 50.6 Å². The van der Waals surface area contributed by atoms with Crippen molar-refractivity contribution in [1.29, 1.82) is 0 Å². The Morgan fingerprint density at radius 1 is 1.22 bits per heavy atom. The fourth-order valence-electron chi connectivity index (χ4n) is 2.51. The van der Waals surface area contributed by atoms with Crippen LogP contribution in [0.25, 0.3) is 11.8 Å². The third-order valence-electron chi connectivity index (χ3n) is 3.65. The minimum absolute atomic E-state index is 0.0203. The lowest BCUT2D eigenvalue weighted by Crippen LogP contribution is -2.11. The van der Waals surface area contributed by atoms with E-state index in [0.717, 1.165) is 22.6 Å². The van der Waals surface area contributed by atoms with Gasteiger partial charge in [0, 0.05) is 11.4 Å². The maximum atomic E-state index is 11.7. The summed E-state index contributed by atoms with van der Waals surface area (Å²) >= 11 is 6.28. The molecule has 0 saturated carbocycles. The molecule has 0 saturated heterocycles. The average Bonchev–Trinajstić information content (AvgIpc) is 2.79. The molecule has 0 unspecified atom stereocenters. The largest absolute Gasteiger partial charge is 0.465 e. The van der Waals surface area contributed by atoms with Crippen molar-refractivity contribution in [2.24, 2.45) is 0 Å². The van der Waals surface area contributed by atoms with Crippen molar-refractivity contribution < 1.29 is 14.3 Å². The summed E-state index contributed by atoms with van der Waals surface area (Å²) in [5, 5.41) is 0.629. The molecule has 0 aliphatic heterocycles. The number of ketones is 1. The van der Waals surface area contributed by atoms with E-state index in [1.807, 2.05) is 48.7 Å². The summed E-state index contributed by atoms with van der Waals surface area (Å²) in [5.74, 6) is -0.973. The SMILES string of the molecule is COC(=O)/C(=C/c1cc(C)n(-c2ccccc2Cl)c1C)C(C)=O. The van der Waals surface area contributed by atoms with E-state index >= 15 is 0 Å². The number of aromatic nitrogens is 1. The molecular weight excluding hydrogens is 314 g/mol. The average molecular weight is 332 g/mol. The van der Waals surface area contributed by atoms with Crippen molar-refractivity contribution in [3.63, 3.8) is 0 Å². The first kappa shape index (κ1) is 17.0. The molecule has 2 aromatic rings. The van der Waals surface area contributed by atoms with Crippen molar-refractivity contribution in [1.82, 2.24) is 4.57 Å². The van der Waals surface area contributed by atoms with Crippen LogP contribution in [-0.2, 0) is 14.3 Å². The number of ether oxygens (including phenoxy) is 1. The number of hydrogen-bond donors (Lipinski definition) is 0. The van der Waals surface area contributed by atoms with E-state index in [1.54, 1.807) is 6.08 Å². The lowest BCUT2D eigenvalue weighted by molar-refractivity contribution is -0.137. The maximum absolute atomic E-state index is 11.7. The molecule has 120 valence electrons.